The predicted octanol–water partition coefficient (Wildman–Crippen LogP) is 4.60. The molecule has 1 aromatic heterocycles. The van der Waals surface area contributed by atoms with Crippen LogP contribution in [0.5, 0.6) is 5.75 Å². The third-order valence-electron chi connectivity index (χ3n) is 4.98. The van der Waals surface area contributed by atoms with Crippen LogP contribution in [0.4, 0.5) is 5.69 Å². The van der Waals surface area contributed by atoms with Crippen molar-refractivity contribution in [3.8, 4) is 5.75 Å². The van der Waals surface area contributed by atoms with Gasteiger partial charge in [-0.15, -0.1) is 0 Å². The van der Waals surface area contributed by atoms with Gasteiger partial charge in [0, 0.05) is 47.1 Å². The predicted molar refractivity (Wildman–Crippen MR) is 97.3 cm³/mol. The molecule has 2 aliphatic rings. The van der Waals surface area contributed by atoms with Gasteiger partial charge in [-0.1, -0.05) is 30.0 Å². The molecule has 0 saturated heterocycles. The van der Waals surface area contributed by atoms with Crippen molar-refractivity contribution in [3.63, 3.8) is 0 Å². The molecule has 5 rings (SSSR count). The molecule has 1 atom stereocenters. The lowest BCUT2D eigenvalue weighted by Gasteiger charge is -2.31. The quantitative estimate of drug-likeness (QED) is 0.475. The minimum atomic E-state index is -0.347. The van der Waals surface area contributed by atoms with Crippen molar-refractivity contribution in [2.75, 3.05) is 6.61 Å². The number of aromatic nitrogens is 1. The van der Waals surface area contributed by atoms with Crippen LogP contribution in [0.15, 0.2) is 58.5 Å². The maximum Gasteiger partial charge on any atom is 0.270 e. The highest BCUT2D eigenvalue weighted by atomic mass is 32.2. The van der Waals surface area contributed by atoms with E-state index in [4.69, 9.17) is 4.74 Å². The van der Waals surface area contributed by atoms with Crippen LogP contribution in [0.2, 0.25) is 0 Å². The Bertz CT molecular complexity index is 1080. The van der Waals surface area contributed by atoms with E-state index in [1.807, 2.05) is 12.1 Å². The average molecular weight is 350 g/mol. The molecule has 0 amide bonds. The third-order valence-corrected chi connectivity index (χ3v) is 6.12. The first-order valence-electron chi connectivity index (χ1n) is 7.99. The van der Waals surface area contributed by atoms with E-state index in [1.165, 1.54) is 27.6 Å². The Balaban J connectivity index is 1.82. The van der Waals surface area contributed by atoms with Gasteiger partial charge in [0.15, 0.2) is 0 Å². The van der Waals surface area contributed by atoms with Crippen molar-refractivity contribution in [1.29, 1.82) is 0 Å². The zero-order valence-electron chi connectivity index (χ0n) is 13.4. The fourth-order valence-electron chi connectivity index (χ4n) is 3.85. The topological polar surface area (TPSA) is 57.3 Å². The summed E-state index contributed by atoms with van der Waals surface area (Å²) >= 11 is 1.70. The smallest absolute Gasteiger partial charge is 0.270 e. The number of thioether (sulfide) groups is 1. The van der Waals surface area contributed by atoms with Crippen molar-refractivity contribution >= 4 is 28.4 Å². The summed E-state index contributed by atoms with van der Waals surface area (Å²) in [6.07, 6.45) is 0. The van der Waals surface area contributed by atoms with E-state index >= 15 is 0 Å². The molecule has 0 bridgehead atoms. The van der Waals surface area contributed by atoms with E-state index in [1.54, 1.807) is 23.9 Å². The molecule has 0 aliphatic carbocycles. The first-order chi connectivity index (χ1) is 12.1. The highest BCUT2D eigenvalue weighted by Gasteiger charge is 2.36. The van der Waals surface area contributed by atoms with Crippen LogP contribution in [0, 0.1) is 10.1 Å². The molecule has 25 heavy (non-hydrogen) atoms. The van der Waals surface area contributed by atoms with Crippen LogP contribution < -0.4 is 4.74 Å². The van der Waals surface area contributed by atoms with E-state index in [0.717, 1.165) is 16.9 Å². The number of fused-ring (bicyclic) bond motifs is 7. The number of hydrogen-bond acceptors (Lipinski definition) is 4. The van der Waals surface area contributed by atoms with Gasteiger partial charge in [-0.05, 0) is 23.1 Å². The number of benzene rings is 2. The van der Waals surface area contributed by atoms with Gasteiger partial charge in [0.2, 0.25) is 0 Å². The summed E-state index contributed by atoms with van der Waals surface area (Å²) in [4.78, 5) is 10.9. The van der Waals surface area contributed by atoms with Gasteiger partial charge in [-0.25, -0.2) is 0 Å². The summed E-state index contributed by atoms with van der Waals surface area (Å²) in [5, 5.41) is 15.8. The maximum absolute atomic E-state index is 11.3. The van der Waals surface area contributed by atoms with Gasteiger partial charge in [-0.2, -0.15) is 0 Å². The molecule has 6 heteroatoms. The summed E-state index contributed by atoms with van der Waals surface area (Å²) in [7, 11) is 2.07. The first kappa shape index (κ1) is 14.6. The SMILES string of the molecule is Cn1c2c(c3ccccc31)C1C(=CS2)COc2ccc([N+](=O)[O-])cc21. The Morgan fingerprint density at radius 1 is 1.28 bits per heavy atom. The fraction of sp³-hybridized carbons (Fsp3) is 0.158. The van der Waals surface area contributed by atoms with Crippen LogP contribution >= 0.6 is 11.8 Å². The Morgan fingerprint density at radius 2 is 2.12 bits per heavy atom. The largest absolute Gasteiger partial charge is 0.489 e. The number of hydrogen-bond donors (Lipinski definition) is 0. The summed E-state index contributed by atoms with van der Waals surface area (Å²) in [6, 6.07) is 13.2. The molecule has 0 radical (unpaired) electrons. The average Bonchev–Trinajstić information content (AvgIpc) is 2.94. The van der Waals surface area contributed by atoms with E-state index in [2.05, 4.69) is 29.2 Å². The van der Waals surface area contributed by atoms with Crippen molar-refractivity contribution in [1.82, 2.24) is 4.57 Å². The molecule has 2 aromatic carbocycles. The van der Waals surface area contributed by atoms with Crippen LogP contribution in [0.25, 0.3) is 10.9 Å². The number of nitro benzene ring substituents is 1. The summed E-state index contributed by atoms with van der Waals surface area (Å²) in [5.41, 5.74) is 4.54. The van der Waals surface area contributed by atoms with Gasteiger partial charge in [0.25, 0.3) is 5.69 Å². The highest BCUT2D eigenvalue weighted by molar-refractivity contribution is 8.02. The molecule has 3 heterocycles. The monoisotopic (exact) mass is 350 g/mol. The maximum atomic E-state index is 11.3. The van der Waals surface area contributed by atoms with Gasteiger partial charge >= 0.3 is 0 Å². The molecular formula is C19H14N2O3S. The Labute approximate surface area is 148 Å². The van der Waals surface area contributed by atoms with E-state index in [0.29, 0.717) is 6.61 Å². The summed E-state index contributed by atoms with van der Waals surface area (Å²) in [5.74, 6) is 0.740. The van der Waals surface area contributed by atoms with Crippen LogP contribution in [0.3, 0.4) is 0 Å². The molecule has 3 aromatic rings. The molecule has 2 aliphatic heterocycles. The van der Waals surface area contributed by atoms with E-state index in [-0.39, 0.29) is 16.5 Å². The first-order valence-corrected chi connectivity index (χ1v) is 8.87. The molecule has 0 spiro atoms. The van der Waals surface area contributed by atoms with E-state index in [9.17, 15) is 10.1 Å². The van der Waals surface area contributed by atoms with Gasteiger partial charge in [0.05, 0.1) is 9.95 Å². The third kappa shape index (κ3) is 1.97. The summed E-state index contributed by atoms with van der Waals surface area (Å²) < 4.78 is 8.05. The second-order valence-electron chi connectivity index (χ2n) is 6.31. The zero-order chi connectivity index (χ0) is 17.1. The Morgan fingerprint density at radius 3 is 2.96 bits per heavy atom. The Kier molecular flexibility index (Phi) is 3.00. The van der Waals surface area contributed by atoms with Crippen LogP contribution in [-0.4, -0.2) is 16.1 Å². The zero-order valence-corrected chi connectivity index (χ0v) is 14.2. The number of nitrogens with zero attached hydrogens (tertiary/aromatic N) is 2. The second-order valence-corrected chi connectivity index (χ2v) is 7.16. The lowest BCUT2D eigenvalue weighted by Crippen LogP contribution is -2.20. The molecule has 1 unspecified atom stereocenters. The minimum Gasteiger partial charge on any atom is -0.489 e. The number of aryl methyl sites for hydroxylation is 1. The van der Waals surface area contributed by atoms with Crippen molar-refractivity contribution in [2.45, 2.75) is 10.9 Å². The van der Waals surface area contributed by atoms with E-state index < -0.39 is 0 Å². The second kappa shape index (κ2) is 5.13. The molecule has 124 valence electrons. The van der Waals surface area contributed by atoms with Gasteiger partial charge in [0.1, 0.15) is 12.4 Å². The van der Waals surface area contributed by atoms with Crippen molar-refractivity contribution in [3.05, 3.63) is 74.7 Å². The number of para-hydroxylation sites is 1. The molecule has 0 fully saturated rings. The fourth-order valence-corrected chi connectivity index (χ4v) is 4.92. The standard InChI is InChI=1S/C19H14N2O3S/c1-20-15-5-3-2-4-13(15)18-17-11(10-25-19(18)20)9-24-16-7-6-12(21(22)23)8-14(16)17/h2-8,10,17H,9H2,1H3. The lowest BCUT2D eigenvalue weighted by molar-refractivity contribution is -0.385. The highest BCUT2D eigenvalue weighted by Crippen LogP contribution is 2.52. The molecular weight excluding hydrogens is 336 g/mol. The van der Waals surface area contributed by atoms with Crippen LogP contribution in [-0.2, 0) is 7.05 Å². The minimum absolute atomic E-state index is 0.00556. The number of rotatable bonds is 1. The molecule has 5 nitrogen and oxygen atoms in total. The Hall–Kier alpha value is -2.73. The molecule has 0 saturated carbocycles. The molecule has 0 N–H and O–H groups in total. The van der Waals surface area contributed by atoms with Gasteiger partial charge < -0.3 is 9.30 Å². The number of nitro groups is 1. The van der Waals surface area contributed by atoms with Crippen molar-refractivity contribution < 1.29 is 9.66 Å². The van der Waals surface area contributed by atoms with Gasteiger partial charge in [-0.3, -0.25) is 10.1 Å². The normalized spacial score (nSPS) is 18.0. The lowest BCUT2D eigenvalue weighted by atomic mass is 9.83. The van der Waals surface area contributed by atoms with Crippen molar-refractivity contribution in [2.24, 2.45) is 7.05 Å². The number of ether oxygens (including phenoxy) is 1. The number of non-ortho nitro benzene ring substituents is 1. The van der Waals surface area contributed by atoms with Crippen LogP contribution in [0.1, 0.15) is 17.0 Å². The summed E-state index contributed by atoms with van der Waals surface area (Å²) in [6.45, 7) is 0.519.